The average Bonchev–Trinajstić information content (AvgIpc) is 2.28. The molecule has 3 heteroatoms. The Labute approximate surface area is 103 Å². The molecular formula is C13H20N2S. The molecule has 0 amide bonds. The number of thiocarbonyl (C=S) groups is 1. The Balaban J connectivity index is 2.84. The van der Waals surface area contributed by atoms with Crippen molar-refractivity contribution in [3.63, 3.8) is 0 Å². The summed E-state index contributed by atoms with van der Waals surface area (Å²) in [7, 11) is 2.13. The summed E-state index contributed by atoms with van der Waals surface area (Å²) in [6.45, 7) is 5.31. The van der Waals surface area contributed by atoms with Crippen LogP contribution in [0.5, 0.6) is 0 Å². The summed E-state index contributed by atoms with van der Waals surface area (Å²) in [5.74, 6) is 0. The highest BCUT2D eigenvalue weighted by atomic mass is 32.1. The Hall–Kier alpha value is -0.930. The molecule has 1 aromatic carbocycles. The van der Waals surface area contributed by atoms with Crippen LogP contribution in [0.25, 0.3) is 0 Å². The van der Waals surface area contributed by atoms with Gasteiger partial charge in [0.25, 0.3) is 0 Å². The second kappa shape index (κ2) is 5.97. The van der Waals surface area contributed by atoms with Gasteiger partial charge in [-0.1, -0.05) is 43.4 Å². The maximum Gasteiger partial charge on any atom is 0.104 e. The first-order chi connectivity index (χ1) is 7.56. The topological polar surface area (TPSA) is 29.3 Å². The fourth-order valence-corrected chi connectivity index (χ4v) is 1.83. The lowest BCUT2D eigenvalue weighted by Gasteiger charge is -2.24. The van der Waals surface area contributed by atoms with Crippen molar-refractivity contribution in [3.05, 3.63) is 35.4 Å². The van der Waals surface area contributed by atoms with E-state index in [4.69, 9.17) is 18.0 Å². The zero-order valence-corrected chi connectivity index (χ0v) is 11.1. The number of hydrogen-bond donors (Lipinski definition) is 1. The van der Waals surface area contributed by atoms with E-state index in [0.717, 1.165) is 18.5 Å². The summed E-state index contributed by atoms with van der Waals surface area (Å²) >= 11 is 5.06. The van der Waals surface area contributed by atoms with Crippen LogP contribution < -0.4 is 5.73 Å². The summed E-state index contributed by atoms with van der Waals surface area (Å²) in [4.78, 5) is 2.80. The Morgan fingerprint density at radius 1 is 1.44 bits per heavy atom. The Morgan fingerprint density at radius 2 is 2.06 bits per heavy atom. The third-order valence-electron chi connectivity index (χ3n) is 3.05. The quantitative estimate of drug-likeness (QED) is 0.797. The molecule has 0 spiro atoms. The van der Waals surface area contributed by atoms with Crippen molar-refractivity contribution in [2.45, 2.75) is 32.9 Å². The molecule has 0 fully saturated rings. The van der Waals surface area contributed by atoms with E-state index in [1.165, 1.54) is 5.56 Å². The van der Waals surface area contributed by atoms with Crippen LogP contribution in [0.4, 0.5) is 0 Å². The second-order valence-corrected chi connectivity index (χ2v) is 4.63. The zero-order valence-electron chi connectivity index (χ0n) is 10.2. The normalized spacial score (nSPS) is 12.8. The third kappa shape index (κ3) is 3.29. The molecule has 1 unspecified atom stereocenters. The molecule has 2 nitrogen and oxygen atoms in total. The van der Waals surface area contributed by atoms with Gasteiger partial charge in [0.15, 0.2) is 0 Å². The van der Waals surface area contributed by atoms with Gasteiger partial charge in [0.1, 0.15) is 4.99 Å². The summed E-state index contributed by atoms with van der Waals surface area (Å²) in [6.07, 6.45) is 1.14. The summed E-state index contributed by atoms with van der Waals surface area (Å²) in [5, 5.41) is 0. The number of nitrogens with two attached hydrogens (primary N) is 1. The number of benzene rings is 1. The molecule has 0 aliphatic carbocycles. The predicted molar refractivity (Wildman–Crippen MR) is 73.5 cm³/mol. The summed E-state index contributed by atoms with van der Waals surface area (Å²) in [6, 6.07) is 8.65. The fraction of sp³-hybridized carbons (Fsp3) is 0.462. The number of hydrogen-bond acceptors (Lipinski definition) is 2. The van der Waals surface area contributed by atoms with Gasteiger partial charge in [-0.05, 0) is 26.0 Å². The minimum atomic E-state index is 0.480. The molecule has 0 saturated heterocycles. The van der Waals surface area contributed by atoms with Crippen molar-refractivity contribution < 1.29 is 0 Å². The highest BCUT2D eigenvalue weighted by molar-refractivity contribution is 7.80. The van der Waals surface area contributed by atoms with Crippen molar-refractivity contribution in [2.75, 3.05) is 7.05 Å². The van der Waals surface area contributed by atoms with Crippen molar-refractivity contribution >= 4 is 17.2 Å². The fourth-order valence-electron chi connectivity index (χ4n) is 1.63. The van der Waals surface area contributed by atoms with Crippen LogP contribution in [0.15, 0.2) is 24.3 Å². The number of rotatable bonds is 5. The van der Waals surface area contributed by atoms with Crippen molar-refractivity contribution in [1.29, 1.82) is 0 Å². The van der Waals surface area contributed by atoms with E-state index in [-0.39, 0.29) is 0 Å². The van der Waals surface area contributed by atoms with E-state index in [1.807, 2.05) is 18.2 Å². The molecule has 0 radical (unpaired) electrons. The molecule has 1 aromatic rings. The maximum atomic E-state index is 5.71. The van der Waals surface area contributed by atoms with Crippen molar-refractivity contribution in [3.8, 4) is 0 Å². The SMILES string of the molecule is CCC(C)N(C)Cc1ccccc1C(N)=S. The molecule has 0 aromatic heterocycles. The standard InChI is InChI=1S/C13H20N2S/c1-4-10(2)15(3)9-11-7-5-6-8-12(11)13(14)16/h5-8,10H,4,9H2,1-3H3,(H2,14,16). The minimum absolute atomic E-state index is 0.480. The molecule has 2 N–H and O–H groups in total. The van der Waals surface area contributed by atoms with Gasteiger partial charge >= 0.3 is 0 Å². The van der Waals surface area contributed by atoms with Gasteiger partial charge in [0, 0.05) is 18.2 Å². The average molecular weight is 236 g/mol. The Morgan fingerprint density at radius 3 is 2.62 bits per heavy atom. The first-order valence-electron chi connectivity index (χ1n) is 5.64. The van der Waals surface area contributed by atoms with E-state index in [2.05, 4.69) is 31.9 Å². The van der Waals surface area contributed by atoms with Crippen molar-refractivity contribution in [2.24, 2.45) is 5.73 Å². The molecule has 0 bridgehead atoms. The Bertz CT molecular complexity index is 363. The highest BCUT2D eigenvalue weighted by Gasteiger charge is 2.10. The van der Waals surface area contributed by atoms with Gasteiger partial charge in [0.2, 0.25) is 0 Å². The summed E-state index contributed by atoms with van der Waals surface area (Å²) in [5.41, 5.74) is 7.91. The molecule has 1 rings (SSSR count). The van der Waals surface area contributed by atoms with Crippen LogP contribution >= 0.6 is 12.2 Å². The molecule has 88 valence electrons. The van der Waals surface area contributed by atoms with Gasteiger partial charge in [-0.15, -0.1) is 0 Å². The van der Waals surface area contributed by atoms with E-state index < -0.39 is 0 Å². The monoisotopic (exact) mass is 236 g/mol. The molecular weight excluding hydrogens is 216 g/mol. The molecule has 0 heterocycles. The van der Waals surface area contributed by atoms with E-state index in [9.17, 15) is 0 Å². The van der Waals surface area contributed by atoms with Crippen LogP contribution in [-0.4, -0.2) is 23.0 Å². The first kappa shape index (κ1) is 13.1. The van der Waals surface area contributed by atoms with Gasteiger partial charge in [-0.3, -0.25) is 4.90 Å². The van der Waals surface area contributed by atoms with Crippen LogP contribution in [0, 0.1) is 0 Å². The minimum Gasteiger partial charge on any atom is -0.389 e. The smallest absolute Gasteiger partial charge is 0.104 e. The van der Waals surface area contributed by atoms with Gasteiger partial charge < -0.3 is 5.73 Å². The highest BCUT2D eigenvalue weighted by Crippen LogP contribution is 2.13. The third-order valence-corrected chi connectivity index (χ3v) is 3.27. The zero-order chi connectivity index (χ0) is 12.1. The van der Waals surface area contributed by atoms with Crippen molar-refractivity contribution in [1.82, 2.24) is 4.90 Å². The predicted octanol–water partition coefficient (Wildman–Crippen LogP) is 2.55. The molecule has 1 atom stereocenters. The van der Waals surface area contributed by atoms with Crippen LogP contribution in [-0.2, 0) is 6.54 Å². The van der Waals surface area contributed by atoms with Crippen LogP contribution in [0.1, 0.15) is 31.4 Å². The Kier molecular flexibility index (Phi) is 4.90. The largest absolute Gasteiger partial charge is 0.389 e. The van der Waals surface area contributed by atoms with E-state index >= 15 is 0 Å². The van der Waals surface area contributed by atoms with Gasteiger partial charge in [0.05, 0.1) is 0 Å². The van der Waals surface area contributed by atoms with E-state index in [1.54, 1.807) is 0 Å². The molecule has 16 heavy (non-hydrogen) atoms. The van der Waals surface area contributed by atoms with Gasteiger partial charge in [-0.25, -0.2) is 0 Å². The van der Waals surface area contributed by atoms with Crippen LogP contribution in [0.2, 0.25) is 0 Å². The molecule has 0 aliphatic heterocycles. The summed E-state index contributed by atoms with van der Waals surface area (Å²) < 4.78 is 0. The first-order valence-corrected chi connectivity index (χ1v) is 6.05. The van der Waals surface area contributed by atoms with Gasteiger partial charge in [-0.2, -0.15) is 0 Å². The second-order valence-electron chi connectivity index (χ2n) is 4.19. The van der Waals surface area contributed by atoms with Crippen LogP contribution in [0.3, 0.4) is 0 Å². The lowest BCUT2D eigenvalue weighted by atomic mass is 10.1. The van der Waals surface area contributed by atoms with E-state index in [0.29, 0.717) is 11.0 Å². The molecule has 0 aliphatic rings. The number of nitrogens with zero attached hydrogens (tertiary/aromatic N) is 1. The lowest BCUT2D eigenvalue weighted by molar-refractivity contribution is 0.244. The maximum absolute atomic E-state index is 5.71. The lowest BCUT2D eigenvalue weighted by Crippen LogP contribution is -2.29. The molecule has 0 saturated carbocycles.